The highest BCUT2D eigenvalue weighted by Gasteiger charge is 2.18. The molecule has 0 fully saturated rings. The van der Waals surface area contributed by atoms with Crippen molar-refractivity contribution >= 4 is 0 Å². The van der Waals surface area contributed by atoms with Crippen LogP contribution in [-0.4, -0.2) is 21.5 Å². The number of ether oxygens (including phenoxy) is 2. The first kappa shape index (κ1) is 15.6. The van der Waals surface area contributed by atoms with E-state index < -0.39 is 0 Å². The SMILES string of the molecule is Fc1ccccc1Cn1cccc1-c1nc(-c2ccc3c(c2)OCO3)no1. The third-order valence-corrected chi connectivity index (χ3v) is 4.40. The van der Waals surface area contributed by atoms with Crippen LogP contribution >= 0.6 is 0 Å². The minimum atomic E-state index is -0.247. The molecule has 0 atom stereocenters. The molecule has 134 valence electrons. The van der Waals surface area contributed by atoms with Gasteiger partial charge < -0.3 is 18.6 Å². The first-order chi connectivity index (χ1) is 13.3. The zero-order valence-corrected chi connectivity index (χ0v) is 14.1. The van der Waals surface area contributed by atoms with Gasteiger partial charge in [-0.1, -0.05) is 23.4 Å². The Kier molecular flexibility index (Phi) is 3.64. The molecule has 0 saturated heterocycles. The van der Waals surface area contributed by atoms with E-state index in [4.69, 9.17) is 14.0 Å². The summed E-state index contributed by atoms with van der Waals surface area (Å²) in [6.07, 6.45) is 1.85. The molecule has 0 aliphatic carbocycles. The lowest BCUT2D eigenvalue weighted by Gasteiger charge is -2.07. The molecular formula is C20H14FN3O3. The van der Waals surface area contributed by atoms with E-state index in [1.165, 1.54) is 6.07 Å². The predicted octanol–water partition coefficient (Wildman–Crippen LogP) is 4.12. The number of aromatic nitrogens is 3. The normalized spacial score (nSPS) is 12.5. The first-order valence-corrected chi connectivity index (χ1v) is 8.40. The van der Waals surface area contributed by atoms with Crippen LogP contribution in [0.3, 0.4) is 0 Å². The largest absolute Gasteiger partial charge is 0.454 e. The second-order valence-electron chi connectivity index (χ2n) is 6.10. The molecule has 27 heavy (non-hydrogen) atoms. The average Bonchev–Trinajstić information content (AvgIpc) is 3.43. The third-order valence-electron chi connectivity index (χ3n) is 4.40. The third kappa shape index (κ3) is 2.83. The summed E-state index contributed by atoms with van der Waals surface area (Å²) in [4.78, 5) is 4.48. The Balaban J connectivity index is 1.46. The van der Waals surface area contributed by atoms with E-state index in [2.05, 4.69) is 10.1 Å². The second-order valence-corrected chi connectivity index (χ2v) is 6.10. The molecule has 7 heteroatoms. The van der Waals surface area contributed by atoms with Gasteiger partial charge >= 0.3 is 0 Å². The van der Waals surface area contributed by atoms with Crippen LogP contribution in [0.25, 0.3) is 23.0 Å². The number of nitrogens with zero attached hydrogens (tertiary/aromatic N) is 3. The lowest BCUT2D eigenvalue weighted by molar-refractivity contribution is 0.174. The summed E-state index contributed by atoms with van der Waals surface area (Å²) < 4.78 is 32.0. The molecule has 0 amide bonds. The number of hydrogen-bond donors (Lipinski definition) is 0. The van der Waals surface area contributed by atoms with Crippen LogP contribution < -0.4 is 9.47 Å². The van der Waals surface area contributed by atoms with E-state index in [1.807, 2.05) is 47.2 Å². The van der Waals surface area contributed by atoms with Gasteiger partial charge in [-0.2, -0.15) is 4.98 Å². The van der Waals surface area contributed by atoms with E-state index in [0.29, 0.717) is 35.3 Å². The van der Waals surface area contributed by atoms with Crippen LogP contribution in [0.2, 0.25) is 0 Å². The van der Waals surface area contributed by atoms with Gasteiger partial charge in [0.25, 0.3) is 5.89 Å². The highest BCUT2D eigenvalue weighted by molar-refractivity contribution is 5.63. The Bertz CT molecular complexity index is 1120. The summed E-state index contributed by atoms with van der Waals surface area (Å²) in [5.74, 6) is 1.91. The summed E-state index contributed by atoms with van der Waals surface area (Å²) in [7, 11) is 0. The van der Waals surface area contributed by atoms with Gasteiger partial charge in [-0.3, -0.25) is 0 Å². The molecule has 4 aromatic rings. The molecule has 5 rings (SSSR count). The maximum Gasteiger partial charge on any atom is 0.274 e. The molecule has 0 unspecified atom stereocenters. The zero-order chi connectivity index (χ0) is 18.2. The van der Waals surface area contributed by atoms with Gasteiger partial charge in [0.15, 0.2) is 11.5 Å². The minimum absolute atomic E-state index is 0.208. The summed E-state index contributed by atoms with van der Waals surface area (Å²) in [6, 6.07) is 15.9. The van der Waals surface area contributed by atoms with Crippen molar-refractivity contribution in [1.29, 1.82) is 0 Å². The molecule has 2 aromatic carbocycles. The van der Waals surface area contributed by atoms with E-state index in [0.717, 1.165) is 11.3 Å². The van der Waals surface area contributed by atoms with Crippen LogP contribution in [-0.2, 0) is 6.54 Å². The number of halogens is 1. The molecule has 0 spiro atoms. The van der Waals surface area contributed by atoms with Crippen molar-refractivity contribution in [2.24, 2.45) is 0 Å². The van der Waals surface area contributed by atoms with Crippen molar-refractivity contribution in [3.63, 3.8) is 0 Å². The van der Waals surface area contributed by atoms with Crippen molar-refractivity contribution in [3.05, 3.63) is 72.2 Å². The number of hydrogen-bond acceptors (Lipinski definition) is 5. The molecule has 1 aliphatic rings. The molecule has 3 heterocycles. The molecule has 0 N–H and O–H groups in total. The number of fused-ring (bicyclic) bond motifs is 1. The Morgan fingerprint density at radius 1 is 1.00 bits per heavy atom. The van der Waals surface area contributed by atoms with Crippen LogP contribution in [0.15, 0.2) is 65.3 Å². The van der Waals surface area contributed by atoms with Crippen LogP contribution in [0, 0.1) is 5.82 Å². The Morgan fingerprint density at radius 3 is 2.81 bits per heavy atom. The van der Waals surface area contributed by atoms with Gasteiger partial charge in [-0.15, -0.1) is 0 Å². The van der Waals surface area contributed by atoms with E-state index in [9.17, 15) is 4.39 Å². The van der Waals surface area contributed by atoms with E-state index >= 15 is 0 Å². The van der Waals surface area contributed by atoms with Gasteiger partial charge in [-0.25, -0.2) is 4.39 Å². The fourth-order valence-electron chi connectivity index (χ4n) is 3.04. The summed E-state index contributed by atoms with van der Waals surface area (Å²) in [6.45, 7) is 0.580. The molecule has 6 nitrogen and oxygen atoms in total. The molecule has 2 aromatic heterocycles. The van der Waals surface area contributed by atoms with Gasteiger partial charge in [0, 0.05) is 17.3 Å². The van der Waals surface area contributed by atoms with Crippen LogP contribution in [0.4, 0.5) is 4.39 Å². The van der Waals surface area contributed by atoms with Crippen LogP contribution in [0.5, 0.6) is 11.5 Å². The number of rotatable bonds is 4. The predicted molar refractivity (Wildman–Crippen MR) is 94.8 cm³/mol. The van der Waals surface area contributed by atoms with Crippen LogP contribution in [0.1, 0.15) is 5.56 Å². The summed E-state index contributed by atoms with van der Waals surface area (Å²) in [5, 5.41) is 4.06. The lowest BCUT2D eigenvalue weighted by Crippen LogP contribution is -2.02. The van der Waals surface area contributed by atoms with Crippen molar-refractivity contribution in [2.75, 3.05) is 6.79 Å². The molecule has 0 radical (unpaired) electrons. The van der Waals surface area contributed by atoms with Gasteiger partial charge in [0.05, 0.1) is 6.54 Å². The Hall–Kier alpha value is -3.61. The van der Waals surface area contributed by atoms with Gasteiger partial charge in [0.1, 0.15) is 11.5 Å². The molecule has 1 aliphatic heterocycles. The van der Waals surface area contributed by atoms with Crippen molar-refractivity contribution in [1.82, 2.24) is 14.7 Å². The molecular weight excluding hydrogens is 349 g/mol. The Labute approximate surface area is 153 Å². The quantitative estimate of drug-likeness (QED) is 0.546. The average molecular weight is 363 g/mol. The molecule has 0 bridgehead atoms. The standard InChI is InChI=1S/C20H14FN3O3/c21-15-5-2-1-4-14(15)11-24-9-3-6-16(24)20-22-19(23-27-20)13-7-8-17-18(10-13)26-12-25-17/h1-10H,11-12H2. The monoisotopic (exact) mass is 363 g/mol. The number of benzene rings is 2. The minimum Gasteiger partial charge on any atom is -0.454 e. The highest BCUT2D eigenvalue weighted by Crippen LogP contribution is 2.35. The zero-order valence-electron chi connectivity index (χ0n) is 14.1. The second kappa shape index (κ2) is 6.28. The lowest BCUT2D eigenvalue weighted by atomic mass is 10.2. The fourth-order valence-corrected chi connectivity index (χ4v) is 3.04. The molecule has 0 saturated carbocycles. The highest BCUT2D eigenvalue weighted by atomic mass is 19.1. The first-order valence-electron chi connectivity index (χ1n) is 8.40. The fraction of sp³-hybridized carbons (Fsp3) is 0.100. The topological polar surface area (TPSA) is 62.3 Å². The smallest absolute Gasteiger partial charge is 0.274 e. The van der Waals surface area contributed by atoms with Gasteiger partial charge in [-0.05, 0) is 36.4 Å². The van der Waals surface area contributed by atoms with E-state index in [-0.39, 0.29) is 12.6 Å². The van der Waals surface area contributed by atoms with Crippen molar-refractivity contribution < 1.29 is 18.4 Å². The van der Waals surface area contributed by atoms with Crippen molar-refractivity contribution in [2.45, 2.75) is 6.54 Å². The summed E-state index contributed by atoms with van der Waals surface area (Å²) in [5.41, 5.74) is 2.07. The summed E-state index contributed by atoms with van der Waals surface area (Å²) >= 11 is 0. The maximum absolute atomic E-state index is 14.0. The van der Waals surface area contributed by atoms with E-state index in [1.54, 1.807) is 12.1 Å². The maximum atomic E-state index is 14.0. The van der Waals surface area contributed by atoms with Gasteiger partial charge in [0.2, 0.25) is 12.6 Å². The van der Waals surface area contributed by atoms with Crippen molar-refractivity contribution in [3.8, 4) is 34.5 Å². The Morgan fingerprint density at radius 2 is 1.89 bits per heavy atom.